The van der Waals surface area contributed by atoms with Crippen molar-refractivity contribution in [3.05, 3.63) is 12.8 Å². The number of carbonyl (C=O) groups excluding carboxylic acids is 4. The standard InChI is InChI=1S/2C5H7O2.ClH.O.V/c2*1-4(6)3-5(2)7;;;/h2*3H,1-2H3;1H;;/q2*-1;;;+2/p+4. The zero-order chi connectivity index (χ0) is 13.7. The van der Waals surface area contributed by atoms with Crippen molar-refractivity contribution >= 4 is 35.5 Å². The van der Waals surface area contributed by atoms with E-state index in [0.717, 1.165) is 17.4 Å². The first-order chi connectivity index (χ1) is 7.25. The van der Waals surface area contributed by atoms with Crippen LogP contribution in [0.1, 0.15) is 27.7 Å². The van der Waals surface area contributed by atoms with Gasteiger partial charge in [0.25, 0.3) is 0 Å². The Hall–Kier alpha value is -0.906. The number of halogens is 1. The van der Waals surface area contributed by atoms with Crippen LogP contribution in [-0.4, -0.2) is 42.3 Å². The second-order valence-electron chi connectivity index (χ2n) is 2.85. The van der Waals surface area contributed by atoms with Crippen LogP contribution in [0.25, 0.3) is 0 Å². The molecule has 0 unspecified atom stereocenters. The Balaban J connectivity index is -0.0000000823. The van der Waals surface area contributed by atoms with Gasteiger partial charge in [-0.05, 0) is 0 Å². The van der Waals surface area contributed by atoms with Gasteiger partial charge in [0.2, 0.25) is 0 Å². The molecule has 5 nitrogen and oxygen atoms in total. The average Bonchev–Trinajstić information content (AvgIpc) is 2.03. The van der Waals surface area contributed by atoms with Gasteiger partial charge in [-0.1, -0.05) is 0 Å². The Kier molecular flexibility index (Phi) is 25.8. The summed E-state index contributed by atoms with van der Waals surface area (Å²) in [5.74, 6) is 0.500. The van der Waals surface area contributed by atoms with Gasteiger partial charge in [0.1, 0.15) is 0 Å². The molecule has 17 heavy (non-hydrogen) atoms. The molecule has 0 fully saturated rings. The van der Waals surface area contributed by atoms with Gasteiger partial charge in [0, 0.05) is 27.7 Å². The molecule has 0 rings (SSSR count). The van der Waals surface area contributed by atoms with Crippen LogP contribution in [0.4, 0.5) is 0 Å². The number of ketones is 4. The van der Waals surface area contributed by atoms with Crippen molar-refractivity contribution in [2.24, 2.45) is 0 Å². The van der Waals surface area contributed by atoms with Crippen molar-refractivity contribution in [1.82, 2.24) is 0 Å². The summed E-state index contributed by atoms with van der Waals surface area (Å²) in [5.41, 5.74) is 0. The molecule has 4 N–H and O–H groups in total. The number of rotatable bonds is 4. The fourth-order valence-corrected chi connectivity index (χ4v) is 0.605. The fourth-order valence-electron chi connectivity index (χ4n) is 0.605. The molecule has 0 saturated carbocycles. The summed E-state index contributed by atoms with van der Waals surface area (Å²) in [6.07, 6.45) is 2.56. The zero-order valence-electron chi connectivity index (χ0n) is 10.2. The molecule has 0 heterocycles. The van der Waals surface area contributed by atoms with Gasteiger partial charge < -0.3 is 19.2 Å². The van der Waals surface area contributed by atoms with Crippen molar-refractivity contribution in [2.75, 3.05) is 0 Å². The van der Waals surface area contributed by atoms with Gasteiger partial charge in [0.05, 0.1) is 0 Å². The van der Waals surface area contributed by atoms with Crippen molar-refractivity contribution in [1.29, 1.82) is 0 Å². The molecule has 0 aromatic heterocycles. The van der Waals surface area contributed by atoms with Crippen LogP contribution in [0.5, 0.6) is 0 Å². The van der Waals surface area contributed by atoms with Gasteiger partial charge in [-0.25, -0.2) is 0 Å². The number of hydrogen-bond acceptors (Lipinski definition) is 1. The topological polar surface area (TPSA) is 103 Å². The molecule has 0 spiro atoms. The van der Waals surface area contributed by atoms with Crippen LogP contribution in [0.15, 0.2) is 0 Å². The maximum atomic E-state index is 8.40. The molecule has 97 valence electrons. The van der Waals surface area contributed by atoms with E-state index in [-0.39, 0.29) is 35.5 Å². The first-order valence-corrected chi connectivity index (χ1v) is 4.80. The summed E-state index contributed by atoms with van der Waals surface area (Å²) in [4.78, 5) is 33.6. The van der Waals surface area contributed by atoms with Crippen LogP contribution in [0, 0.1) is 12.8 Å². The molecule has 0 amide bonds. The van der Waals surface area contributed by atoms with Crippen LogP contribution in [-0.2, 0) is 21.0 Å². The Labute approximate surface area is 116 Å². The van der Waals surface area contributed by atoms with E-state index in [2.05, 4.69) is 0 Å². The van der Waals surface area contributed by atoms with E-state index in [0.29, 0.717) is 0 Å². The first-order valence-electron chi connectivity index (χ1n) is 4.23. The SMILES string of the molecule is CC(=[OH+])[CH-]C(C)=[OH+].CC(=[OH+])[CH-]C(C)=[OH+].Cl.[O]=[V+2]. The maximum absolute atomic E-state index is 8.40. The van der Waals surface area contributed by atoms with Crippen LogP contribution < -0.4 is 0 Å². The minimum absolute atomic E-state index is 0. The van der Waals surface area contributed by atoms with Gasteiger partial charge in [-0.2, -0.15) is 12.8 Å². The fraction of sp³-hybridized carbons (Fsp3) is 0.400. The van der Waals surface area contributed by atoms with Crippen LogP contribution in [0.3, 0.4) is 0 Å². The molecule has 0 radical (unpaired) electrons. The monoisotopic (exact) mass is 305 g/mol. The third-order valence-electron chi connectivity index (χ3n) is 0.836. The normalized spacial score (nSPS) is 6.71. The summed E-state index contributed by atoms with van der Waals surface area (Å²) in [5, 5.41) is 0. The summed E-state index contributed by atoms with van der Waals surface area (Å²) in [6, 6.07) is 0. The third kappa shape index (κ3) is 51.4. The summed E-state index contributed by atoms with van der Waals surface area (Å²) in [7, 11) is 0. The average molecular weight is 306 g/mol. The summed E-state index contributed by atoms with van der Waals surface area (Å²) < 4.78 is 8.19. The van der Waals surface area contributed by atoms with E-state index in [1.165, 1.54) is 40.5 Å². The Morgan fingerprint density at radius 3 is 0.824 bits per heavy atom. The second-order valence-corrected chi connectivity index (χ2v) is 2.85. The van der Waals surface area contributed by atoms with Gasteiger partial charge in [-0.3, -0.25) is 0 Å². The van der Waals surface area contributed by atoms with Crippen molar-refractivity contribution in [3.63, 3.8) is 0 Å². The quantitative estimate of drug-likeness (QED) is 0.430. The molecular formula is C10H19ClO5V+4. The van der Waals surface area contributed by atoms with E-state index >= 15 is 0 Å². The van der Waals surface area contributed by atoms with E-state index in [4.69, 9.17) is 22.9 Å². The van der Waals surface area contributed by atoms with E-state index < -0.39 is 0 Å². The zero-order valence-corrected chi connectivity index (χ0v) is 12.4. The molecule has 0 saturated heterocycles. The molecule has 0 aliphatic heterocycles. The Morgan fingerprint density at radius 2 is 0.824 bits per heavy atom. The van der Waals surface area contributed by atoms with E-state index in [1.54, 1.807) is 0 Å². The molecule has 0 bridgehead atoms. The molecule has 7 heteroatoms. The predicted molar refractivity (Wildman–Crippen MR) is 67.0 cm³/mol. The molecule has 0 aromatic carbocycles. The Bertz CT molecular complexity index is 215. The van der Waals surface area contributed by atoms with E-state index in [1.807, 2.05) is 0 Å². The molecule has 0 aliphatic carbocycles. The molecule has 0 atom stereocenters. The summed E-state index contributed by atoms with van der Waals surface area (Å²) >= 11 is 1.06. The van der Waals surface area contributed by atoms with Crippen LogP contribution in [0.2, 0.25) is 0 Å². The number of hydrogen-bond donors (Lipinski definition) is 0. The third-order valence-corrected chi connectivity index (χ3v) is 0.836. The predicted octanol–water partition coefficient (Wildman–Crippen LogP) is 0.941. The van der Waals surface area contributed by atoms with Crippen molar-refractivity contribution in [3.8, 4) is 0 Å². The first kappa shape index (κ1) is 25.1. The van der Waals surface area contributed by atoms with Crippen molar-refractivity contribution in [2.45, 2.75) is 27.7 Å². The van der Waals surface area contributed by atoms with Gasteiger partial charge >= 0.3 is 21.0 Å². The molecular weight excluding hydrogens is 287 g/mol. The molecule has 0 aliphatic rings. The van der Waals surface area contributed by atoms with Gasteiger partial charge in [0.15, 0.2) is 23.1 Å². The Morgan fingerprint density at radius 1 is 0.706 bits per heavy atom. The second kappa shape index (κ2) is 17.5. The van der Waals surface area contributed by atoms with Crippen molar-refractivity contribution < 1.29 is 40.2 Å². The van der Waals surface area contributed by atoms with E-state index in [9.17, 15) is 0 Å². The summed E-state index contributed by atoms with van der Waals surface area (Å²) in [6.45, 7) is 6.00. The van der Waals surface area contributed by atoms with Gasteiger partial charge in [-0.15, -0.1) is 12.4 Å². The molecule has 0 aromatic rings. The minimum atomic E-state index is 0. The van der Waals surface area contributed by atoms with Crippen LogP contribution >= 0.6 is 12.4 Å².